The Bertz CT molecular complexity index is 870. The van der Waals surface area contributed by atoms with Gasteiger partial charge in [0.2, 0.25) is 0 Å². The molecule has 2 heterocycles. The Hall–Kier alpha value is -1.88. The molecule has 174 valence electrons. The maximum atomic E-state index is 15.0. The Morgan fingerprint density at radius 2 is 1.59 bits per heavy atom. The first-order valence-corrected chi connectivity index (χ1v) is 12.5. The third-order valence-corrected chi connectivity index (χ3v) is 7.49. The highest BCUT2D eigenvalue weighted by atomic mass is 19.2. The Morgan fingerprint density at radius 3 is 2.22 bits per heavy atom. The van der Waals surface area contributed by atoms with E-state index in [-0.39, 0.29) is 17.3 Å². The van der Waals surface area contributed by atoms with Crippen LogP contribution in [0, 0.1) is 23.5 Å². The van der Waals surface area contributed by atoms with Gasteiger partial charge >= 0.3 is 0 Å². The zero-order valence-electron chi connectivity index (χ0n) is 19.5. The molecule has 0 radical (unpaired) electrons. The van der Waals surface area contributed by atoms with Crippen molar-refractivity contribution in [2.45, 2.75) is 90.1 Å². The summed E-state index contributed by atoms with van der Waals surface area (Å²) in [6.45, 7) is 5.16. The third kappa shape index (κ3) is 5.19. The monoisotopic (exact) mass is 442 g/mol. The summed E-state index contributed by atoms with van der Waals surface area (Å²) in [5.41, 5.74) is 1.66. The van der Waals surface area contributed by atoms with Crippen molar-refractivity contribution in [2.24, 2.45) is 11.8 Å². The van der Waals surface area contributed by atoms with Gasteiger partial charge in [0.15, 0.2) is 17.5 Å². The third-order valence-electron chi connectivity index (χ3n) is 7.49. The summed E-state index contributed by atoms with van der Waals surface area (Å²) >= 11 is 0. The fourth-order valence-corrected chi connectivity index (χ4v) is 5.61. The van der Waals surface area contributed by atoms with E-state index in [4.69, 9.17) is 4.74 Å². The predicted molar refractivity (Wildman–Crippen MR) is 123 cm³/mol. The predicted octanol–water partition coefficient (Wildman–Crippen LogP) is 7.24. The van der Waals surface area contributed by atoms with Crippen molar-refractivity contribution in [2.75, 3.05) is 6.61 Å². The van der Waals surface area contributed by atoms with Crippen molar-refractivity contribution in [1.82, 2.24) is 9.97 Å². The Labute approximate surface area is 191 Å². The van der Waals surface area contributed by atoms with Crippen molar-refractivity contribution >= 4 is 0 Å². The quantitative estimate of drug-likeness (QED) is 0.453. The summed E-state index contributed by atoms with van der Waals surface area (Å²) in [5.74, 6) is 0.0539. The maximum absolute atomic E-state index is 15.0. The molecule has 2 unspecified atom stereocenters. The topological polar surface area (TPSA) is 35.0 Å². The van der Waals surface area contributed by atoms with Gasteiger partial charge in [-0.3, -0.25) is 0 Å². The highest BCUT2D eigenvalue weighted by Crippen LogP contribution is 2.43. The number of hydrogen-bond donors (Lipinski definition) is 0. The summed E-state index contributed by atoms with van der Waals surface area (Å²) in [5, 5.41) is 0. The molecule has 0 amide bonds. The van der Waals surface area contributed by atoms with E-state index in [2.05, 4.69) is 23.8 Å². The van der Waals surface area contributed by atoms with E-state index in [0.717, 1.165) is 57.1 Å². The first-order chi connectivity index (χ1) is 15.6. The van der Waals surface area contributed by atoms with Crippen LogP contribution >= 0.6 is 0 Å². The number of nitrogens with zero attached hydrogens (tertiary/aromatic N) is 2. The molecule has 0 bridgehead atoms. The van der Waals surface area contributed by atoms with E-state index >= 15 is 4.39 Å². The van der Waals surface area contributed by atoms with Gasteiger partial charge in [-0.2, -0.15) is 0 Å². The Kier molecular flexibility index (Phi) is 7.88. The van der Waals surface area contributed by atoms with Crippen LogP contribution in [0.15, 0.2) is 24.5 Å². The molecule has 32 heavy (non-hydrogen) atoms. The minimum absolute atomic E-state index is 0.0833. The number of benzene rings is 1. The van der Waals surface area contributed by atoms with Crippen molar-refractivity contribution in [3.8, 4) is 11.4 Å². The molecule has 1 aromatic heterocycles. The Balaban J connectivity index is 1.38. The standard InChI is InChI=1S/C27H36F2N2O/c1-3-5-18-15-30-27(31-16-18)24-14-13-23(25(28)26(24)29)20-9-7-19(8-10-20)21-11-12-22(6-4-2)32-17-21/h13-16,19-22H,3-12,17H2,1-2H3. The van der Waals surface area contributed by atoms with Gasteiger partial charge in [-0.1, -0.05) is 32.8 Å². The maximum Gasteiger partial charge on any atom is 0.170 e. The van der Waals surface area contributed by atoms with E-state index in [0.29, 0.717) is 23.5 Å². The van der Waals surface area contributed by atoms with Crippen LogP contribution in [0.1, 0.15) is 88.7 Å². The molecule has 0 spiro atoms. The largest absolute Gasteiger partial charge is 0.378 e. The summed E-state index contributed by atoms with van der Waals surface area (Å²) in [6.07, 6.45) is 14.5. The van der Waals surface area contributed by atoms with Gasteiger partial charge in [0.25, 0.3) is 0 Å². The SMILES string of the molecule is CCCc1cnc(-c2ccc(C3CCC(C4CCC(CCC)OC4)CC3)c(F)c2F)nc1. The van der Waals surface area contributed by atoms with Crippen LogP contribution in [0.3, 0.4) is 0 Å². The van der Waals surface area contributed by atoms with E-state index in [1.165, 1.54) is 19.3 Å². The molecular formula is C27H36F2N2O. The lowest BCUT2D eigenvalue weighted by atomic mass is 9.72. The van der Waals surface area contributed by atoms with Crippen molar-refractivity contribution < 1.29 is 13.5 Å². The number of halogens is 2. The van der Waals surface area contributed by atoms with Crippen molar-refractivity contribution in [3.05, 3.63) is 47.3 Å². The van der Waals surface area contributed by atoms with Gasteiger partial charge in [-0.15, -0.1) is 0 Å². The molecule has 1 aromatic carbocycles. The number of hydrogen-bond acceptors (Lipinski definition) is 3. The molecular weight excluding hydrogens is 406 g/mol. The lowest BCUT2D eigenvalue weighted by molar-refractivity contribution is -0.0409. The van der Waals surface area contributed by atoms with Crippen LogP contribution in [0.4, 0.5) is 8.78 Å². The molecule has 2 aromatic rings. The number of aryl methyl sites for hydroxylation is 1. The molecule has 4 rings (SSSR count). The molecule has 2 fully saturated rings. The first kappa shape index (κ1) is 23.3. The number of rotatable bonds is 7. The zero-order valence-corrected chi connectivity index (χ0v) is 19.5. The van der Waals surface area contributed by atoms with Gasteiger partial charge < -0.3 is 4.74 Å². The number of ether oxygens (including phenoxy) is 1. The molecule has 1 saturated heterocycles. The first-order valence-electron chi connectivity index (χ1n) is 12.5. The fourth-order valence-electron chi connectivity index (χ4n) is 5.61. The summed E-state index contributed by atoms with van der Waals surface area (Å²) in [6, 6.07) is 3.40. The lowest BCUT2D eigenvalue weighted by Gasteiger charge is -2.38. The molecule has 1 aliphatic heterocycles. The molecule has 1 aliphatic carbocycles. The van der Waals surface area contributed by atoms with Crippen LogP contribution in [0.2, 0.25) is 0 Å². The van der Waals surface area contributed by atoms with Crippen LogP contribution in [0.25, 0.3) is 11.4 Å². The average Bonchev–Trinajstić information content (AvgIpc) is 2.83. The average molecular weight is 443 g/mol. The van der Waals surface area contributed by atoms with Crippen LogP contribution in [-0.2, 0) is 11.2 Å². The second-order valence-corrected chi connectivity index (χ2v) is 9.69. The zero-order chi connectivity index (χ0) is 22.5. The van der Waals surface area contributed by atoms with E-state index in [9.17, 15) is 4.39 Å². The van der Waals surface area contributed by atoms with Gasteiger partial charge in [0.1, 0.15) is 0 Å². The number of aromatic nitrogens is 2. The molecule has 0 N–H and O–H groups in total. The molecule has 1 saturated carbocycles. The highest BCUT2D eigenvalue weighted by Gasteiger charge is 2.33. The minimum Gasteiger partial charge on any atom is -0.378 e. The van der Waals surface area contributed by atoms with Gasteiger partial charge in [-0.05, 0) is 86.3 Å². The van der Waals surface area contributed by atoms with Gasteiger partial charge in [0, 0.05) is 12.4 Å². The highest BCUT2D eigenvalue weighted by molar-refractivity contribution is 5.57. The van der Waals surface area contributed by atoms with Crippen molar-refractivity contribution in [3.63, 3.8) is 0 Å². The lowest BCUT2D eigenvalue weighted by Crippen LogP contribution is -2.32. The molecule has 5 heteroatoms. The van der Waals surface area contributed by atoms with Crippen LogP contribution < -0.4 is 0 Å². The van der Waals surface area contributed by atoms with E-state index < -0.39 is 11.6 Å². The summed E-state index contributed by atoms with van der Waals surface area (Å²) in [4.78, 5) is 8.52. The fraction of sp³-hybridized carbons (Fsp3) is 0.630. The normalized spacial score (nSPS) is 26.2. The minimum atomic E-state index is -0.824. The smallest absolute Gasteiger partial charge is 0.170 e. The molecule has 2 aliphatic rings. The van der Waals surface area contributed by atoms with Crippen LogP contribution in [-0.4, -0.2) is 22.7 Å². The van der Waals surface area contributed by atoms with Crippen molar-refractivity contribution in [1.29, 1.82) is 0 Å². The van der Waals surface area contributed by atoms with Crippen LogP contribution in [0.5, 0.6) is 0 Å². The van der Waals surface area contributed by atoms with Gasteiger partial charge in [0.05, 0.1) is 18.3 Å². The van der Waals surface area contributed by atoms with E-state index in [1.807, 2.05) is 0 Å². The van der Waals surface area contributed by atoms with E-state index in [1.54, 1.807) is 24.5 Å². The molecule has 3 nitrogen and oxygen atoms in total. The second-order valence-electron chi connectivity index (χ2n) is 9.69. The van der Waals surface area contributed by atoms with Gasteiger partial charge in [-0.25, -0.2) is 18.7 Å². The second kappa shape index (κ2) is 10.8. The summed E-state index contributed by atoms with van der Waals surface area (Å²) < 4.78 is 36.1. The molecule has 2 atom stereocenters. The summed E-state index contributed by atoms with van der Waals surface area (Å²) in [7, 11) is 0. The Morgan fingerprint density at radius 1 is 0.875 bits per heavy atom.